The van der Waals surface area contributed by atoms with Gasteiger partial charge in [0.2, 0.25) is 0 Å². The lowest BCUT2D eigenvalue weighted by Gasteiger charge is -2.35. The summed E-state index contributed by atoms with van der Waals surface area (Å²) >= 11 is 0. The number of benzene rings is 1. The van der Waals surface area contributed by atoms with Crippen molar-refractivity contribution in [1.82, 2.24) is 15.3 Å². The topological polar surface area (TPSA) is 87.9 Å². The molecule has 1 aliphatic heterocycles. The number of pyridine rings is 2. The minimum atomic E-state index is -0.741. The Morgan fingerprint density at radius 2 is 1.92 bits per heavy atom. The molecule has 36 heavy (non-hydrogen) atoms. The fraction of sp³-hybridized carbons (Fsp3) is 0.400. The van der Waals surface area contributed by atoms with Gasteiger partial charge < -0.3 is 10.1 Å². The third kappa shape index (κ3) is 4.40. The van der Waals surface area contributed by atoms with Gasteiger partial charge in [-0.3, -0.25) is 14.8 Å². The second kappa shape index (κ2) is 9.15. The molecule has 1 aromatic carbocycles. The molecule has 182 valence electrons. The molecular formula is C30H30N4O2. The first-order valence-corrected chi connectivity index (χ1v) is 12.8. The summed E-state index contributed by atoms with van der Waals surface area (Å²) < 4.78 is 5.57. The third-order valence-electron chi connectivity index (χ3n) is 7.95. The van der Waals surface area contributed by atoms with E-state index in [2.05, 4.69) is 46.7 Å². The Hall–Kier alpha value is -3.56. The van der Waals surface area contributed by atoms with Crippen LogP contribution >= 0.6 is 0 Å². The Balaban J connectivity index is 1.08. The Kier molecular flexibility index (Phi) is 5.81. The van der Waals surface area contributed by atoms with Crippen LogP contribution in [0.3, 0.4) is 0 Å². The normalized spacial score (nSPS) is 24.8. The van der Waals surface area contributed by atoms with Crippen molar-refractivity contribution in [3.8, 4) is 6.07 Å². The lowest BCUT2D eigenvalue weighted by molar-refractivity contribution is 0.0757. The van der Waals surface area contributed by atoms with Gasteiger partial charge in [0, 0.05) is 35.0 Å². The Labute approximate surface area is 211 Å². The van der Waals surface area contributed by atoms with Crippen molar-refractivity contribution in [2.24, 2.45) is 0 Å². The molecule has 0 radical (unpaired) electrons. The van der Waals surface area contributed by atoms with Crippen molar-refractivity contribution < 1.29 is 9.53 Å². The minimum Gasteiger partial charge on any atom is -0.375 e. The summed E-state index contributed by atoms with van der Waals surface area (Å²) in [6.45, 7) is 3.02. The molecule has 0 saturated heterocycles. The summed E-state index contributed by atoms with van der Waals surface area (Å²) in [5.74, 6) is 1.55. The Morgan fingerprint density at radius 1 is 1.11 bits per heavy atom. The minimum absolute atomic E-state index is 0.165. The van der Waals surface area contributed by atoms with Crippen LogP contribution in [-0.4, -0.2) is 22.5 Å². The van der Waals surface area contributed by atoms with Crippen molar-refractivity contribution in [3.05, 3.63) is 94.1 Å². The van der Waals surface area contributed by atoms with E-state index in [4.69, 9.17) is 9.72 Å². The summed E-state index contributed by atoms with van der Waals surface area (Å²) in [5.41, 5.74) is 6.29. The van der Waals surface area contributed by atoms with Gasteiger partial charge in [-0.1, -0.05) is 12.1 Å². The number of ether oxygens (including phenoxy) is 1. The van der Waals surface area contributed by atoms with E-state index in [0.29, 0.717) is 43.1 Å². The highest BCUT2D eigenvalue weighted by molar-refractivity contribution is 5.94. The number of fused-ring (bicyclic) bond motifs is 1. The highest BCUT2D eigenvalue weighted by atomic mass is 16.5. The fourth-order valence-electron chi connectivity index (χ4n) is 5.45. The molecule has 3 heterocycles. The molecule has 0 unspecified atom stereocenters. The van der Waals surface area contributed by atoms with Crippen LogP contribution in [0.5, 0.6) is 0 Å². The van der Waals surface area contributed by atoms with Crippen LogP contribution in [0.4, 0.5) is 0 Å². The van der Waals surface area contributed by atoms with E-state index in [1.165, 1.54) is 29.8 Å². The smallest absolute Gasteiger partial charge is 0.251 e. The van der Waals surface area contributed by atoms with E-state index in [9.17, 15) is 10.1 Å². The Morgan fingerprint density at radius 3 is 2.69 bits per heavy atom. The molecule has 1 atom stereocenters. The molecule has 2 saturated carbocycles. The van der Waals surface area contributed by atoms with Gasteiger partial charge in [0.05, 0.1) is 31.5 Å². The highest BCUT2D eigenvalue weighted by Crippen LogP contribution is 2.48. The van der Waals surface area contributed by atoms with Crippen LogP contribution in [0.2, 0.25) is 0 Å². The van der Waals surface area contributed by atoms with Gasteiger partial charge in [-0.15, -0.1) is 0 Å². The zero-order valence-electron chi connectivity index (χ0n) is 20.5. The van der Waals surface area contributed by atoms with Crippen molar-refractivity contribution in [2.75, 3.05) is 6.61 Å². The SMILES string of the molecule is C[C@@]1(C#N)COCc2ccc(C(=O)NCc3cc([C@H]4C[C@@H](c5cccc(C6CC6)n5)C4)ccn3)cc21. The predicted octanol–water partition coefficient (Wildman–Crippen LogP) is 5.26. The largest absolute Gasteiger partial charge is 0.375 e. The van der Waals surface area contributed by atoms with E-state index in [-0.39, 0.29) is 5.91 Å². The van der Waals surface area contributed by atoms with Crippen molar-refractivity contribution in [1.29, 1.82) is 5.26 Å². The number of rotatable bonds is 6. The molecule has 2 aromatic heterocycles. The molecule has 0 spiro atoms. The van der Waals surface area contributed by atoms with Crippen LogP contribution in [0.25, 0.3) is 0 Å². The van der Waals surface area contributed by atoms with E-state index in [0.717, 1.165) is 29.7 Å². The van der Waals surface area contributed by atoms with E-state index >= 15 is 0 Å². The summed E-state index contributed by atoms with van der Waals surface area (Å²) in [6.07, 6.45) is 6.61. The molecule has 1 amide bonds. The molecule has 3 aromatic rings. The summed E-state index contributed by atoms with van der Waals surface area (Å²) in [6, 6.07) is 18.6. The maximum atomic E-state index is 12.9. The molecule has 6 rings (SSSR count). The summed E-state index contributed by atoms with van der Waals surface area (Å²) in [5, 5.41) is 12.7. The monoisotopic (exact) mass is 478 g/mol. The Bertz CT molecular complexity index is 1350. The van der Waals surface area contributed by atoms with Crippen LogP contribution in [0.15, 0.2) is 54.7 Å². The standard InChI is InChI=1S/C30H30N4O2/c1-30(17-31)18-36-16-22-8-7-21(14-26(22)30)29(35)33-15-25-13-20(9-10-32-25)23-11-24(12-23)28-4-2-3-27(34-28)19-5-6-19/h2-4,7-10,13-14,19,23-24H,5-6,11-12,15-16,18H2,1H3,(H,33,35)/t23-,24+,30-/m1/s1. The molecule has 2 aliphatic carbocycles. The van der Waals surface area contributed by atoms with Gasteiger partial charge >= 0.3 is 0 Å². The van der Waals surface area contributed by atoms with Crippen molar-refractivity contribution in [3.63, 3.8) is 0 Å². The van der Waals surface area contributed by atoms with Gasteiger partial charge in [0.1, 0.15) is 5.41 Å². The number of aromatic nitrogens is 2. The second-order valence-electron chi connectivity index (χ2n) is 10.7. The van der Waals surface area contributed by atoms with Crippen LogP contribution in [-0.2, 0) is 23.3 Å². The number of nitriles is 1. The average molecular weight is 479 g/mol. The molecule has 1 N–H and O–H groups in total. The number of hydrogen-bond donors (Lipinski definition) is 1. The van der Waals surface area contributed by atoms with E-state index in [1.807, 2.05) is 25.3 Å². The van der Waals surface area contributed by atoms with E-state index in [1.54, 1.807) is 6.07 Å². The lowest BCUT2D eigenvalue weighted by Crippen LogP contribution is -2.33. The van der Waals surface area contributed by atoms with Gasteiger partial charge in [-0.2, -0.15) is 5.26 Å². The van der Waals surface area contributed by atoms with Gasteiger partial charge in [-0.05, 0) is 91.6 Å². The second-order valence-corrected chi connectivity index (χ2v) is 10.7. The summed E-state index contributed by atoms with van der Waals surface area (Å²) in [7, 11) is 0. The number of amides is 1. The number of nitrogens with zero attached hydrogens (tertiary/aromatic N) is 3. The average Bonchev–Trinajstić information content (AvgIpc) is 3.73. The molecule has 3 aliphatic rings. The van der Waals surface area contributed by atoms with Gasteiger partial charge in [0.25, 0.3) is 5.91 Å². The maximum Gasteiger partial charge on any atom is 0.251 e. The van der Waals surface area contributed by atoms with Crippen molar-refractivity contribution in [2.45, 2.75) is 68.9 Å². The first-order valence-electron chi connectivity index (χ1n) is 12.8. The van der Waals surface area contributed by atoms with Crippen LogP contribution < -0.4 is 5.32 Å². The first-order chi connectivity index (χ1) is 17.5. The molecule has 6 heteroatoms. The van der Waals surface area contributed by atoms with Gasteiger partial charge in [-0.25, -0.2) is 0 Å². The molecule has 0 bridgehead atoms. The molecule has 2 fully saturated rings. The third-order valence-corrected chi connectivity index (χ3v) is 7.95. The zero-order valence-corrected chi connectivity index (χ0v) is 20.5. The highest BCUT2D eigenvalue weighted by Gasteiger charge is 2.35. The quantitative estimate of drug-likeness (QED) is 0.522. The fourth-order valence-corrected chi connectivity index (χ4v) is 5.45. The first kappa shape index (κ1) is 22.9. The molecular weight excluding hydrogens is 448 g/mol. The van der Waals surface area contributed by atoms with Crippen LogP contribution in [0, 0.1) is 11.3 Å². The van der Waals surface area contributed by atoms with Gasteiger partial charge in [0.15, 0.2) is 0 Å². The van der Waals surface area contributed by atoms with E-state index < -0.39 is 5.41 Å². The number of hydrogen-bond acceptors (Lipinski definition) is 5. The zero-order chi connectivity index (χ0) is 24.7. The number of nitrogens with one attached hydrogen (secondary N) is 1. The number of carbonyl (C=O) groups is 1. The molecule has 6 nitrogen and oxygen atoms in total. The number of carbonyl (C=O) groups excluding carboxylic acids is 1. The maximum absolute atomic E-state index is 12.9. The van der Waals surface area contributed by atoms with Crippen molar-refractivity contribution >= 4 is 5.91 Å². The lowest BCUT2D eigenvalue weighted by atomic mass is 9.70. The predicted molar refractivity (Wildman–Crippen MR) is 135 cm³/mol. The van der Waals surface area contributed by atoms with Crippen LogP contribution in [0.1, 0.15) is 94.5 Å². The summed E-state index contributed by atoms with van der Waals surface area (Å²) in [4.78, 5) is 22.3.